The number of aryl methyl sites for hydroxylation is 3. The van der Waals surface area contributed by atoms with Gasteiger partial charge in [-0.3, -0.25) is 9.20 Å². The van der Waals surface area contributed by atoms with Crippen LogP contribution in [0.15, 0.2) is 47.9 Å². The Hall–Kier alpha value is -3.73. The number of nitrogens with two attached hydrogens (primary N) is 1. The van der Waals surface area contributed by atoms with Crippen molar-refractivity contribution < 1.29 is 4.57 Å². The predicted molar refractivity (Wildman–Crippen MR) is 99.9 cm³/mol. The number of hydrogen-bond acceptors (Lipinski definition) is 5. The maximum absolute atomic E-state index is 13.0. The molecule has 4 aromatic rings. The number of imidazole rings is 1. The lowest BCUT2D eigenvalue weighted by Gasteiger charge is -2.10. The Bertz CT molecular complexity index is 1250. The molecule has 0 atom stereocenters. The predicted octanol–water partition coefficient (Wildman–Crippen LogP) is 1.18. The van der Waals surface area contributed by atoms with Crippen LogP contribution in [0.2, 0.25) is 0 Å². The molecule has 0 aliphatic heterocycles. The van der Waals surface area contributed by atoms with Gasteiger partial charge in [0.25, 0.3) is 11.2 Å². The molecule has 0 spiro atoms. The third-order valence-electron chi connectivity index (χ3n) is 4.57. The molecule has 0 unspecified atom stereocenters. The van der Waals surface area contributed by atoms with E-state index in [1.807, 2.05) is 23.8 Å². The first-order chi connectivity index (χ1) is 13.1. The molecule has 8 heteroatoms. The summed E-state index contributed by atoms with van der Waals surface area (Å²) < 4.78 is 5.23. The maximum Gasteiger partial charge on any atom is 0.278 e. The third-order valence-corrected chi connectivity index (χ3v) is 4.57. The Morgan fingerprint density at radius 3 is 2.96 bits per heavy atom. The molecule has 4 aromatic heterocycles. The second-order valence-electron chi connectivity index (χ2n) is 6.45. The molecule has 8 nitrogen and oxygen atoms in total. The average Bonchev–Trinajstić information content (AvgIpc) is 3.18. The number of nitrogens with zero attached hydrogens (tertiary/aromatic N) is 6. The highest BCUT2D eigenvalue weighted by atomic mass is 16.1. The van der Waals surface area contributed by atoms with Gasteiger partial charge in [-0.25, -0.2) is 9.55 Å². The SMILES string of the molecule is Cc1ccc2nc3c(cc(C#N)c(N)[n+]3CCCn3ccnc3)c(=O)n2c1. The summed E-state index contributed by atoms with van der Waals surface area (Å²) in [5, 5.41) is 9.82. The number of nitriles is 1. The minimum Gasteiger partial charge on any atom is -0.337 e. The van der Waals surface area contributed by atoms with Gasteiger partial charge >= 0.3 is 0 Å². The van der Waals surface area contributed by atoms with Gasteiger partial charge in [-0.15, -0.1) is 0 Å². The van der Waals surface area contributed by atoms with Crippen LogP contribution in [-0.2, 0) is 13.1 Å². The highest BCUT2D eigenvalue weighted by molar-refractivity contribution is 5.76. The maximum atomic E-state index is 13.0. The molecule has 0 saturated heterocycles. The van der Waals surface area contributed by atoms with Crippen LogP contribution < -0.4 is 15.9 Å². The molecule has 0 radical (unpaired) electrons. The van der Waals surface area contributed by atoms with Crippen LogP contribution in [0, 0.1) is 18.3 Å². The summed E-state index contributed by atoms with van der Waals surface area (Å²) in [5.74, 6) is 0.319. The summed E-state index contributed by atoms with van der Waals surface area (Å²) in [6.45, 7) is 3.19. The Labute approximate surface area is 154 Å². The highest BCUT2D eigenvalue weighted by Gasteiger charge is 2.20. The molecule has 4 heterocycles. The van der Waals surface area contributed by atoms with Crippen molar-refractivity contribution in [2.24, 2.45) is 0 Å². The van der Waals surface area contributed by atoms with Gasteiger partial charge in [0.15, 0.2) is 0 Å². The van der Waals surface area contributed by atoms with Crippen LogP contribution >= 0.6 is 0 Å². The summed E-state index contributed by atoms with van der Waals surface area (Å²) in [5.41, 5.74) is 8.27. The summed E-state index contributed by atoms with van der Waals surface area (Å²) in [4.78, 5) is 21.7. The van der Waals surface area contributed by atoms with Crippen LogP contribution in [0.5, 0.6) is 0 Å². The fourth-order valence-corrected chi connectivity index (χ4v) is 3.20. The largest absolute Gasteiger partial charge is 0.337 e. The standard InChI is InChI=1S/C19H17N7O/c1-13-3-4-16-23-18-15(19(27)26(16)11-13)9-14(10-20)17(21)25(18)7-2-6-24-8-5-22-12-24/h3-5,8-9,11-12,21H,2,6-7H2,1H3/p+1. The zero-order valence-corrected chi connectivity index (χ0v) is 14.8. The summed E-state index contributed by atoms with van der Waals surface area (Å²) in [6.07, 6.45) is 7.86. The van der Waals surface area contributed by atoms with Crippen LogP contribution in [0.25, 0.3) is 16.7 Å². The van der Waals surface area contributed by atoms with E-state index in [1.165, 1.54) is 10.5 Å². The summed E-state index contributed by atoms with van der Waals surface area (Å²) >= 11 is 0. The van der Waals surface area contributed by atoms with Crippen molar-refractivity contribution in [1.29, 1.82) is 5.26 Å². The Morgan fingerprint density at radius 2 is 2.22 bits per heavy atom. The molecule has 0 aromatic carbocycles. The molecule has 134 valence electrons. The number of rotatable bonds is 4. The first kappa shape index (κ1) is 16.7. The van der Waals surface area contributed by atoms with Crippen molar-refractivity contribution in [3.05, 3.63) is 64.6 Å². The second-order valence-corrected chi connectivity index (χ2v) is 6.45. The minimum atomic E-state index is -0.210. The normalized spacial score (nSPS) is 11.1. The third kappa shape index (κ3) is 2.89. The fraction of sp³-hybridized carbons (Fsp3) is 0.211. The lowest BCUT2D eigenvalue weighted by Crippen LogP contribution is -2.41. The second kappa shape index (κ2) is 6.53. The summed E-state index contributed by atoms with van der Waals surface area (Å²) in [6, 6.07) is 7.32. The van der Waals surface area contributed by atoms with E-state index in [9.17, 15) is 10.1 Å². The van der Waals surface area contributed by atoms with Crippen LogP contribution in [0.3, 0.4) is 0 Å². The van der Waals surface area contributed by atoms with Gasteiger partial charge in [-0.2, -0.15) is 5.26 Å². The van der Waals surface area contributed by atoms with Gasteiger partial charge < -0.3 is 10.3 Å². The number of pyridine rings is 2. The Morgan fingerprint density at radius 1 is 1.37 bits per heavy atom. The van der Waals surface area contributed by atoms with Gasteiger partial charge in [0.2, 0.25) is 11.5 Å². The van der Waals surface area contributed by atoms with E-state index in [0.717, 1.165) is 18.5 Å². The minimum absolute atomic E-state index is 0.210. The summed E-state index contributed by atoms with van der Waals surface area (Å²) in [7, 11) is 0. The molecular weight excluding hydrogens is 342 g/mol. The highest BCUT2D eigenvalue weighted by Crippen LogP contribution is 2.14. The van der Waals surface area contributed by atoms with E-state index in [-0.39, 0.29) is 11.1 Å². The smallest absolute Gasteiger partial charge is 0.278 e. The molecular formula is C19H18N7O+. The number of fused-ring (bicyclic) bond motifs is 2. The molecule has 27 heavy (non-hydrogen) atoms. The molecule has 2 N–H and O–H groups in total. The van der Waals surface area contributed by atoms with Crippen molar-refractivity contribution in [3.8, 4) is 6.07 Å². The van der Waals surface area contributed by atoms with Gasteiger partial charge in [0, 0.05) is 25.1 Å². The molecule has 0 amide bonds. The first-order valence-corrected chi connectivity index (χ1v) is 8.59. The van der Waals surface area contributed by atoms with Crippen molar-refractivity contribution >= 4 is 22.5 Å². The molecule has 0 aliphatic carbocycles. The van der Waals surface area contributed by atoms with Crippen LogP contribution in [-0.4, -0.2) is 18.9 Å². The first-order valence-electron chi connectivity index (χ1n) is 8.59. The fourth-order valence-electron chi connectivity index (χ4n) is 3.20. The van der Waals surface area contributed by atoms with E-state index in [2.05, 4.69) is 16.0 Å². The molecule has 0 saturated carbocycles. The van der Waals surface area contributed by atoms with Crippen LogP contribution in [0.1, 0.15) is 17.5 Å². The van der Waals surface area contributed by atoms with E-state index in [4.69, 9.17) is 5.73 Å². The molecule has 0 bridgehead atoms. The number of anilines is 1. The van der Waals surface area contributed by atoms with E-state index in [1.54, 1.807) is 29.4 Å². The number of hydrogen-bond donors (Lipinski definition) is 1. The zero-order valence-electron chi connectivity index (χ0n) is 14.8. The van der Waals surface area contributed by atoms with Crippen LogP contribution in [0.4, 0.5) is 5.82 Å². The number of nitrogen functional groups attached to an aromatic ring is 1. The van der Waals surface area contributed by atoms with Crippen molar-refractivity contribution in [1.82, 2.24) is 18.9 Å². The van der Waals surface area contributed by atoms with Gasteiger partial charge in [0.1, 0.15) is 17.0 Å². The van der Waals surface area contributed by atoms with Crippen molar-refractivity contribution in [2.45, 2.75) is 26.4 Å². The molecule has 4 rings (SSSR count). The molecule has 0 fully saturated rings. The average molecular weight is 360 g/mol. The van der Waals surface area contributed by atoms with Crippen molar-refractivity contribution in [3.63, 3.8) is 0 Å². The van der Waals surface area contributed by atoms with Gasteiger partial charge in [-0.05, 0) is 31.0 Å². The van der Waals surface area contributed by atoms with E-state index < -0.39 is 0 Å². The van der Waals surface area contributed by atoms with E-state index in [0.29, 0.717) is 29.0 Å². The zero-order chi connectivity index (χ0) is 19.0. The quantitative estimate of drug-likeness (QED) is 0.435. The van der Waals surface area contributed by atoms with Crippen molar-refractivity contribution in [2.75, 3.05) is 5.73 Å². The lowest BCUT2D eigenvalue weighted by molar-refractivity contribution is -0.659. The molecule has 0 aliphatic rings. The topological polar surface area (TPSA) is 106 Å². The van der Waals surface area contributed by atoms with Gasteiger partial charge in [0.05, 0.1) is 12.9 Å². The van der Waals surface area contributed by atoms with Gasteiger partial charge in [-0.1, -0.05) is 11.1 Å². The van der Waals surface area contributed by atoms with E-state index >= 15 is 0 Å². The Balaban J connectivity index is 1.88. The lowest BCUT2D eigenvalue weighted by atomic mass is 10.2. The number of aromatic nitrogens is 5. The Kier molecular flexibility index (Phi) is 4.05. The monoisotopic (exact) mass is 360 g/mol.